The van der Waals surface area contributed by atoms with Crippen molar-refractivity contribution < 1.29 is 29.0 Å². The van der Waals surface area contributed by atoms with Gasteiger partial charge in [-0.3, -0.25) is 15.4 Å². The zero-order valence-corrected chi connectivity index (χ0v) is 19.8. The van der Waals surface area contributed by atoms with Gasteiger partial charge in [0, 0.05) is 12.6 Å². The summed E-state index contributed by atoms with van der Waals surface area (Å²) in [6, 6.07) is 13.1. The molecule has 34 heavy (non-hydrogen) atoms. The molecule has 2 aromatic carbocycles. The van der Waals surface area contributed by atoms with Gasteiger partial charge in [-0.25, -0.2) is 9.59 Å². The number of nitrogens with one attached hydrogen (secondary N) is 3. The quantitative estimate of drug-likeness (QED) is 0.327. The van der Waals surface area contributed by atoms with E-state index < -0.39 is 23.7 Å². The highest BCUT2D eigenvalue weighted by Crippen LogP contribution is 2.22. The summed E-state index contributed by atoms with van der Waals surface area (Å²) in [5, 5.41) is 17.3. The maximum absolute atomic E-state index is 12.4. The lowest BCUT2D eigenvalue weighted by atomic mass is 10.0. The maximum Gasteiger partial charge on any atom is 0.412 e. The number of esters is 1. The van der Waals surface area contributed by atoms with E-state index in [0.717, 1.165) is 5.56 Å². The first kappa shape index (κ1) is 26.6. The Bertz CT molecular complexity index is 1010. The van der Waals surface area contributed by atoms with Gasteiger partial charge in [-0.1, -0.05) is 36.4 Å². The van der Waals surface area contributed by atoms with Crippen molar-refractivity contribution >= 4 is 35.4 Å². The number of hydrogen-bond acceptors (Lipinski definition) is 7. The molecular weight excluding hydrogens is 438 g/mol. The molecule has 0 heterocycles. The van der Waals surface area contributed by atoms with Crippen LogP contribution in [0.15, 0.2) is 54.6 Å². The van der Waals surface area contributed by atoms with Crippen molar-refractivity contribution in [1.29, 1.82) is 0 Å². The Labute approximate surface area is 199 Å². The van der Waals surface area contributed by atoms with Crippen LogP contribution >= 0.6 is 0 Å². The molecule has 182 valence electrons. The van der Waals surface area contributed by atoms with Crippen molar-refractivity contribution in [1.82, 2.24) is 5.32 Å². The van der Waals surface area contributed by atoms with Crippen LogP contribution in [0.5, 0.6) is 0 Å². The number of hydrogen-bond donors (Lipinski definition) is 4. The summed E-state index contributed by atoms with van der Waals surface area (Å²) in [4.78, 5) is 36.5. The van der Waals surface area contributed by atoms with E-state index >= 15 is 0 Å². The summed E-state index contributed by atoms with van der Waals surface area (Å²) >= 11 is 0. The lowest BCUT2D eigenvalue weighted by Crippen LogP contribution is -2.31. The number of rotatable bonds is 9. The molecule has 2 rings (SSSR count). The Morgan fingerprint density at radius 1 is 1.00 bits per heavy atom. The molecule has 0 aromatic heterocycles. The van der Waals surface area contributed by atoms with Gasteiger partial charge >= 0.3 is 12.1 Å². The molecule has 2 aromatic rings. The van der Waals surface area contributed by atoms with E-state index in [1.165, 1.54) is 13.2 Å². The van der Waals surface area contributed by atoms with Crippen LogP contribution in [0.2, 0.25) is 0 Å². The molecule has 9 nitrogen and oxygen atoms in total. The number of carbonyl (C=O) groups is 3. The summed E-state index contributed by atoms with van der Waals surface area (Å²) in [5.41, 5.74) is 1.60. The molecule has 0 saturated heterocycles. The standard InChI is InChI=1S/C25H31N3O6/c1-25(2,3)34-24(32)28-20-8-6-5-7-19(20)27-21(30)14-11-17-9-12-18(13-10-17)22(23(31)33-4)26-15-16-29/h5-14,22,26,29H,15-16H2,1-4H3,(H,27,30)(H,28,32)/b14-11+. The molecule has 0 aliphatic carbocycles. The fraction of sp³-hybridized carbons (Fsp3) is 0.320. The fourth-order valence-corrected chi connectivity index (χ4v) is 2.92. The van der Waals surface area contributed by atoms with Gasteiger partial charge < -0.3 is 19.9 Å². The van der Waals surface area contributed by atoms with E-state index in [9.17, 15) is 14.4 Å². The molecule has 0 aliphatic heterocycles. The highest BCUT2D eigenvalue weighted by Gasteiger charge is 2.20. The number of benzene rings is 2. The van der Waals surface area contributed by atoms with E-state index in [2.05, 4.69) is 16.0 Å². The average Bonchev–Trinajstić information content (AvgIpc) is 2.78. The zero-order valence-electron chi connectivity index (χ0n) is 19.8. The van der Waals surface area contributed by atoms with Crippen LogP contribution in [-0.4, -0.2) is 48.9 Å². The van der Waals surface area contributed by atoms with Crippen molar-refractivity contribution in [2.24, 2.45) is 0 Å². The van der Waals surface area contributed by atoms with E-state index in [1.54, 1.807) is 75.4 Å². The third-order valence-electron chi connectivity index (χ3n) is 4.41. The van der Waals surface area contributed by atoms with Crippen LogP contribution in [0.4, 0.5) is 16.2 Å². The summed E-state index contributed by atoms with van der Waals surface area (Å²) in [6.45, 7) is 5.42. The smallest absolute Gasteiger partial charge is 0.412 e. The third kappa shape index (κ3) is 8.68. The van der Waals surface area contributed by atoms with Gasteiger partial charge in [0.1, 0.15) is 11.6 Å². The molecule has 2 amide bonds. The lowest BCUT2D eigenvalue weighted by molar-refractivity contribution is -0.143. The van der Waals surface area contributed by atoms with Gasteiger partial charge in [0.15, 0.2) is 0 Å². The van der Waals surface area contributed by atoms with Crippen molar-refractivity contribution in [3.8, 4) is 0 Å². The Hall–Kier alpha value is -3.69. The Morgan fingerprint density at radius 3 is 2.18 bits per heavy atom. The first-order valence-electron chi connectivity index (χ1n) is 10.7. The molecular formula is C25H31N3O6. The molecule has 1 atom stereocenters. The summed E-state index contributed by atoms with van der Waals surface area (Å²) in [7, 11) is 1.30. The fourth-order valence-electron chi connectivity index (χ4n) is 2.92. The van der Waals surface area contributed by atoms with Crippen LogP contribution in [0.25, 0.3) is 6.08 Å². The molecule has 0 spiro atoms. The molecule has 0 saturated carbocycles. The van der Waals surface area contributed by atoms with Gasteiger partial charge in [0.05, 0.1) is 25.1 Å². The number of para-hydroxylation sites is 2. The van der Waals surface area contributed by atoms with E-state index in [-0.39, 0.29) is 19.1 Å². The second kappa shape index (κ2) is 12.5. The van der Waals surface area contributed by atoms with Crippen molar-refractivity contribution in [2.45, 2.75) is 32.4 Å². The molecule has 0 fully saturated rings. The number of methoxy groups -OCH3 is 1. The zero-order chi connectivity index (χ0) is 25.1. The highest BCUT2D eigenvalue weighted by molar-refractivity contribution is 6.05. The van der Waals surface area contributed by atoms with Crippen LogP contribution in [0, 0.1) is 0 Å². The highest BCUT2D eigenvalue weighted by atomic mass is 16.6. The van der Waals surface area contributed by atoms with Crippen molar-refractivity contribution in [2.75, 3.05) is 30.9 Å². The predicted molar refractivity (Wildman–Crippen MR) is 130 cm³/mol. The Kier molecular flexibility index (Phi) is 9.78. The second-order valence-electron chi connectivity index (χ2n) is 8.30. The van der Waals surface area contributed by atoms with Gasteiger partial charge in [0.25, 0.3) is 0 Å². The molecule has 1 unspecified atom stereocenters. The van der Waals surface area contributed by atoms with E-state index in [1.807, 2.05) is 0 Å². The number of aliphatic hydroxyl groups excluding tert-OH is 1. The number of anilines is 2. The van der Waals surface area contributed by atoms with Crippen LogP contribution in [0.3, 0.4) is 0 Å². The van der Waals surface area contributed by atoms with Crippen molar-refractivity contribution in [3.05, 3.63) is 65.7 Å². The predicted octanol–water partition coefficient (Wildman–Crippen LogP) is 3.48. The van der Waals surface area contributed by atoms with Crippen molar-refractivity contribution in [3.63, 3.8) is 0 Å². The second-order valence-corrected chi connectivity index (χ2v) is 8.30. The van der Waals surface area contributed by atoms with Crippen LogP contribution in [0.1, 0.15) is 37.9 Å². The number of carbonyl (C=O) groups excluding carboxylic acids is 3. The molecule has 0 radical (unpaired) electrons. The Morgan fingerprint density at radius 2 is 1.62 bits per heavy atom. The molecule has 0 aliphatic rings. The van der Waals surface area contributed by atoms with E-state index in [0.29, 0.717) is 16.9 Å². The minimum Gasteiger partial charge on any atom is -0.468 e. The number of aliphatic hydroxyl groups is 1. The summed E-state index contributed by atoms with van der Waals surface area (Å²) in [5.74, 6) is -0.852. The largest absolute Gasteiger partial charge is 0.468 e. The first-order valence-corrected chi connectivity index (χ1v) is 10.7. The summed E-state index contributed by atoms with van der Waals surface area (Å²) in [6.07, 6.45) is 2.36. The topological polar surface area (TPSA) is 126 Å². The van der Waals surface area contributed by atoms with Crippen LogP contribution in [-0.2, 0) is 19.1 Å². The monoisotopic (exact) mass is 469 g/mol. The molecule has 4 N–H and O–H groups in total. The van der Waals surface area contributed by atoms with Gasteiger partial charge in [0.2, 0.25) is 5.91 Å². The SMILES string of the molecule is COC(=O)C(NCCO)c1ccc(/C=C/C(=O)Nc2ccccc2NC(=O)OC(C)(C)C)cc1. The van der Waals surface area contributed by atoms with Gasteiger partial charge in [-0.05, 0) is 50.1 Å². The first-order chi connectivity index (χ1) is 16.1. The van der Waals surface area contributed by atoms with E-state index in [4.69, 9.17) is 14.6 Å². The third-order valence-corrected chi connectivity index (χ3v) is 4.41. The normalized spacial score (nSPS) is 12.1. The lowest BCUT2D eigenvalue weighted by Gasteiger charge is -2.20. The number of ether oxygens (including phenoxy) is 2. The molecule has 0 bridgehead atoms. The Balaban J connectivity index is 2.04. The minimum atomic E-state index is -0.701. The van der Waals surface area contributed by atoms with Gasteiger partial charge in [-0.2, -0.15) is 0 Å². The minimum absolute atomic E-state index is 0.111. The van der Waals surface area contributed by atoms with Gasteiger partial charge in [-0.15, -0.1) is 0 Å². The average molecular weight is 470 g/mol. The maximum atomic E-state index is 12.4. The summed E-state index contributed by atoms with van der Waals surface area (Å²) < 4.78 is 10.1. The molecule has 9 heteroatoms. The van der Waals surface area contributed by atoms with Crippen LogP contribution < -0.4 is 16.0 Å². The number of amides is 2.